The van der Waals surface area contributed by atoms with Crippen molar-refractivity contribution in [1.82, 2.24) is 4.68 Å². The number of hydrogen-bond donors (Lipinski definition) is 0. The molecule has 0 spiro atoms. The van der Waals surface area contributed by atoms with Gasteiger partial charge in [0, 0.05) is 17.3 Å². The van der Waals surface area contributed by atoms with E-state index in [1.165, 1.54) is 10.9 Å². The Morgan fingerprint density at radius 2 is 2.11 bits per heavy atom. The second kappa shape index (κ2) is 5.69. The average molecular weight is 258 g/mol. The summed E-state index contributed by atoms with van der Waals surface area (Å²) in [5, 5.41) is 5.64. The van der Waals surface area contributed by atoms with Gasteiger partial charge >= 0.3 is 5.97 Å². The molecule has 0 amide bonds. The van der Waals surface area contributed by atoms with Crippen molar-refractivity contribution >= 4 is 22.6 Å². The molecule has 0 atom stereocenters. The summed E-state index contributed by atoms with van der Waals surface area (Å²) in [5.41, 5.74) is 2.95. The average Bonchev–Trinajstić information content (AvgIpc) is 2.67. The molecule has 1 heterocycles. The molecular weight excluding hydrogens is 240 g/mol. The Morgan fingerprint density at radius 1 is 1.37 bits per heavy atom. The van der Waals surface area contributed by atoms with Gasteiger partial charge in [-0.2, -0.15) is 5.10 Å². The number of hydrogen-bond acceptors (Lipinski definition) is 3. The van der Waals surface area contributed by atoms with Crippen LogP contribution in [0.25, 0.3) is 10.9 Å². The Hall–Kier alpha value is -2.10. The SMILES string of the molecule is CCOC(=O)C/C(C)=N\n1cc(C)c2ccccc21. The van der Waals surface area contributed by atoms with Gasteiger partial charge in [0.15, 0.2) is 0 Å². The lowest BCUT2D eigenvalue weighted by molar-refractivity contribution is -0.141. The summed E-state index contributed by atoms with van der Waals surface area (Å²) in [5.74, 6) is -0.239. The van der Waals surface area contributed by atoms with Crippen LogP contribution in [0.4, 0.5) is 0 Å². The van der Waals surface area contributed by atoms with Crippen molar-refractivity contribution < 1.29 is 9.53 Å². The second-order valence-corrected chi connectivity index (χ2v) is 4.49. The topological polar surface area (TPSA) is 43.6 Å². The Labute approximate surface area is 112 Å². The third kappa shape index (κ3) is 3.02. The molecule has 2 aromatic rings. The fourth-order valence-electron chi connectivity index (χ4n) is 2.05. The minimum absolute atomic E-state index is 0.222. The molecule has 1 aromatic heterocycles. The Morgan fingerprint density at radius 3 is 2.84 bits per heavy atom. The van der Waals surface area contributed by atoms with Crippen LogP contribution in [0.5, 0.6) is 0 Å². The van der Waals surface area contributed by atoms with Gasteiger partial charge in [0.2, 0.25) is 0 Å². The van der Waals surface area contributed by atoms with Crippen molar-refractivity contribution in [1.29, 1.82) is 0 Å². The highest BCUT2D eigenvalue weighted by molar-refractivity contribution is 5.97. The monoisotopic (exact) mass is 258 g/mol. The molecule has 0 unspecified atom stereocenters. The van der Waals surface area contributed by atoms with E-state index in [1.807, 2.05) is 36.0 Å². The number of esters is 1. The molecule has 0 radical (unpaired) electrons. The summed E-state index contributed by atoms with van der Waals surface area (Å²) >= 11 is 0. The molecule has 0 fully saturated rings. The number of aryl methyl sites for hydroxylation is 1. The first-order chi connectivity index (χ1) is 9.11. The van der Waals surface area contributed by atoms with Crippen LogP contribution in [0.3, 0.4) is 0 Å². The number of para-hydroxylation sites is 1. The number of nitrogens with zero attached hydrogens (tertiary/aromatic N) is 2. The number of fused-ring (bicyclic) bond motifs is 1. The number of aromatic nitrogens is 1. The summed E-state index contributed by atoms with van der Waals surface area (Å²) in [7, 11) is 0. The first-order valence-corrected chi connectivity index (χ1v) is 6.38. The first-order valence-electron chi connectivity index (χ1n) is 6.38. The van der Waals surface area contributed by atoms with Crippen molar-refractivity contribution in [2.24, 2.45) is 5.10 Å². The summed E-state index contributed by atoms with van der Waals surface area (Å²) in [6, 6.07) is 8.07. The molecule has 0 saturated carbocycles. The fraction of sp³-hybridized carbons (Fsp3) is 0.333. The Kier molecular flexibility index (Phi) is 4.00. The highest BCUT2D eigenvalue weighted by Crippen LogP contribution is 2.20. The van der Waals surface area contributed by atoms with Gasteiger partial charge in [-0.3, -0.25) is 4.79 Å². The van der Waals surface area contributed by atoms with E-state index in [0.29, 0.717) is 6.61 Å². The van der Waals surface area contributed by atoms with Crippen LogP contribution >= 0.6 is 0 Å². The number of carbonyl (C=O) groups excluding carboxylic acids is 1. The molecule has 2 rings (SSSR count). The summed E-state index contributed by atoms with van der Waals surface area (Å²) in [6.45, 7) is 6.08. The van der Waals surface area contributed by atoms with Crippen LogP contribution in [-0.2, 0) is 9.53 Å². The number of ether oxygens (including phenoxy) is 1. The van der Waals surface area contributed by atoms with Gasteiger partial charge in [0.1, 0.15) is 0 Å². The third-order valence-electron chi connectivity index (χ3n) is 2.88. The predicted molar refractivity (Wildman–Crippen MR) is 76.4 cm³/mol. The Bertz CT molecular complexity index is 626. The van der Waals surface area contributed by atoms with Gasteiger partial charge in [-0.15, -0.1) is 0 Å². The van der Waals surface area contributed by atoms with E-state index >= 15 is 0 Å². The summed E-state index contributed by atoms with van der Waals surface area (Å²) in [6.07, 6.45) is 2.19. The predicted octanol–water partition coefficient (Wildman–Crippen LogP) is 3.13. The molecule has 0 aliphatic rings. The van der Waals surface area contributed by atoms with Crippen LogP contribution in [0.15, 0.2) is 35.6 Å². The smallest absolute Gasteiger partial charge is 0.311 e. The van der Waals surface area contributed by atoms with E-state index in [9.17, 15) is 4.79 Å². The minimum atomic E-state index is -0.239. The van der Waals surface area contributed by atoms with Crippen LogP contribution in [-0.4, -0.2) is 23.0 Å². The van der Waals surface area contributed by atoms with Crippen LogP contribution in [0.1, 0.15) is 25.8 Å². The molecule has 4 heteroatoms. The largest absolute Gasteiger partial charge is 0.466 e. The van der Waals surface area contributed by atoms with E-state index in [2.05, 4.69) is 18.1 Å². The zero-order chi connectivity index (χ0) is 13.8. The first kappa shape index (κ1) is 13.3. The van der Waals surface area contributed by atoms with Gasteiger partial charge in [-0.05, 0) is 32.4 Å². The van der Waals surface area contributed by atoms with E-state index in [4.69, 9.17) is 4.74 Å². The molecule has 100 valence electrons. The molecule has 4 nitrogen and oxygen atoms in total. The van der Waals surface area contributed by atoms with Gasteiger partial charge in [0.25, 0.3) is 0 Å². The second-order valence-electron chi connectivity index (χ2n) is 4.49. The van der Waals surface area contributed by atoms with Crippen molar-refractivity contribution in [3.63, 3.8) is 0 Å². The molecule has 0 N–H and O–H groups in total. The molecule has 0 bridgehead atoms. The lowest BCUT2D eigenvalue weighted by Gasteiger charge is -2.02. The summed E-state index contributed by atoms with van der Waals surface area (Å²) in [4.78, 5) is 11.4. The lowest BCUT2D eigenvalue weighted by atomic mass is 10.2. The maximum absolute atomic E-state index is 11.4. The summed E-state index contributed by atoms with van der Waals surface area (Å²) < 4.78 is 6.73. The fourth-order valence-corrected chi connectivity index (χ4v) is 2.05. The van der Waals surface area contributed by atoms with Crippen molar-refractivity contribution in [2.75, 3.05) is 6.61 Å². The lowest BCUT2D eigenvalue weighted by Crippen LogP contribution is -2.09. The van der Waals surface area contributed by atoms with Gasteiger partial charge in [-0.25, -0.2) is 4.68 Å². The molecule has 19 heavy (non-hydrogen) atoms. The van der Waals surface area contributed by atoms with Crippen LogP contribution in [0.2, 0.25) is 0 Å². The van der Waals surface area contributed by atoms with Crippen molar-refractivity contribution in [3.05, 3.63) is 36.0 Å². The highest BCUT2D eigenvalue weighted by Gasteiger charge is 2.07. The maximum atomic E-state index is 11.4. The minimum Gasteiger partial charge on any atom is -0.466 e. The quantitative estimate of drug-likeness (QED) is 0.624. The highest BCUT2D eigenvalue weighted by atomic mass is 16.5. The zero-order valence-electron chi connectivity index (χ0n) is 11.5. The van der Waals surface area contributed by atoms with E-state index < -0.39 is 0 Å². The molecule has 0 aliphatic heterocycles. The number of rotatable bonds is 4. The standard InChI is InChI=1S/C15H18N2O2/c1-4-19-15(18)9-12(3)16-17-10-11(2)13-7-5-6-8-14(13)17/h5-8,10H,4,9H2,1-3H3/b16-12-. The van der Waals surface area contributed by atoms with E-state index in [1.54, 1.807) is 6.92 Å². The van der Waals surface area contributed by atoms with E-state index in [-0.39, 0.29) is 12.4 Å². The normalized spacial score (nSPS) is 11.8. The molecule has 0 saturated heterocycles. The maximum Gasteiger partial charge on any atom is 0.311 e. The third-order valence-corrected chi connectivity index (χ3v) is 2.88. The van der Waals surface area contributed by atoms with E-state index in [0.717, 1.165) is 11.2 Å². The number of benzene rings is 1. The molecular formula is C15H18N2O2. The molecule has 1 aromatic carbocycles. The van der Waals surface area contributed by atoms with Crippen molar-refractivity contribution in [2.45, 2.75) is 27.2 Å². The van der Waals surface area contributed by atoms with Gasteiger partial charge in [-0.1, -0.05) is 18.2 Å². The Balaban J connectivity index is 2.27. The number of carbonyl (C=O) groups is 1. The van der Waals surface area contributed by atoms with Crippen LogP contribution in [0, 0.1) is 6.92 Å². The van der Waals surface area contributed by atoms with Crippen molar-refractivity contribution in [3.8, 4) is 0 Å². The molecule has 0 aliphatic carbocycles. The zero-order valence-corrected chi connectivity index (χ0v) is 11.5. The van der Waals surface area contributed by atoms with Gasteiger partial charge < -0.3 is 4.74 Å². The van der Waals surface area contributed by atoms with Crippen LogP contribution < -0.4 is 0 Å². The van der Waals surface area contributed by atoms with Gasteiger partial charge in [0.05, 0.1) is 18.5 Å².